The molecule has 1 N–H and O–H groups in total. The summed E-state index contributed by atoms with van der Waals surface area (Å²) < 4.78 is 1.66. The van der Waals surface area contributed by atoms with E-state index in [-0.39, 0.29) is 5.56 Å². The summed E-state index contributed by atoms with van der Waals surface area (Å²) in [6.45, 7) is 2.63. The summed E-state index contributed by atoms with van der Waals surface area (Å²) in [6, 6.07) is 13.5. The Labute approximate surface area is 123 Å². The summed E-state index contributed by atoms with van der Waals surface area (Å²) in [6.07, 6.45) is 1.78. The maximum atomic E-state index is 12.0. The number of fused-ring (bicyclic) bond motifs is 1. The lowest BCUT2D eigenvalue weighted by atomic mass is 10.1. The van der Waals surface area contributed by atoms with E-state index in [0.29, 0.717) is 6.54 Å². The molecule has 0 unspecified atom stereocenters. The minimum Gasteiger partial charge on any atom is -0.379 e. The molecule has 4 heteroatoms. The van der Waals surface area contributed by atoms with Crippen LogP contribution in [-0.2, 0) is 13.6 Å². The molecule has 0 spiro atoms. The summed E-state index contributed by atoms with van der Waals surface area (Å²) in [5.41, 5.74) is 3.87. The van der Waals surface area contributed by atoms with Crippen LogP contribution in [0.4, 0.5) is 5.69 Å². The Balaban J connectivity index is 2.00. The Morgan fingerprint density at radius 2 is 2.00 bits per heavy atom. The molecule has 0 atom stereocenters. The van der Waals surface area contributed by atoms with E-state index in [4.69, 9.17) is 0 Å². The largest absolute Gasteiger partial charge is 0.379 e. The van der Waals surface area contributed by atoms with Gasteiger partial charge in [0.2, 0.25) is 0 Å². The fraction of sp³-hybridized carbons (Fsp3) is 0.176. The zero-order chi connectivity index (χ0) is 14.8. The van der Waals surface area contributed by atoms with Crippen molar-refractivity contribution >= 4 is 16.6 Å². The van der Waals surface area contributed by atoms with Crippen LogP contribution in [0.15, 0.2) is 53.5 Å². The van der Waals surface area contributed by atoms with E-state index in [1.54, 1.807) is 23.9 Å². The minimum absolute atomic E-state index is 0.0195. The molecule has 0 radical (unpaired) electrons. The summed E-state index contributed by atoms with van der Waals surface area (Å²) >= 11 is 0. The summed E-state index contributed by atoms with van der Waals surface area (Å²) in [5.74, 6) is 0. The average Bonchev–Trinajstić information content (AvgIpc) is 2.51. The number of anilines is 1. The molecule has 0 saturated heterocycles. The number of rotatable bonds is 3. The summed E-state index contributed by atoms with van der Waals surface area (Å²) in [4.78, 5) is 16.4. The molecule has 3 rings (SSSR count). The number of benzene rings is 1. The third kappa shape index (κ3) is 2.52. The highest BCUT2D eigenvalue weighted by Crippen LogP contribution is 2.21. The summed E-state index contributed by atoms with van der Waals surface area (Å²) in [7, 11) is 1.79. The minimum atomic E-state index is -0.0195. The van der Waals surface area contributed by atoms with E-state index < -0.39 is 0 Å². The van der Waals surface area contributed by atoms with Crippen LogP contribution < -0.4 is 10.9 Å². The van der Waals surface area contributed by atoms with Gasteiger partial charge < -0.3 is 9.88 Å². The normalized spacial score (nSPS) is 10.8. The van der Waals surface area contributed by atoms with Gasteiger partial charge in [0.1, 0.15) is 0 Å². The molecule has 3 aromatic rings. The van der Waals surface area contributed by atoms with Crippen molar-refractivity contribution in [1.29, 1.82) is 0 Å². The number of nitrogens with one attached hydrogen (secondary N) is 1. The fourth-order valence-electron chi connectivity index (χ4n) is 2.44. The van der Waals surface area contributed by atoms with Crippen LogP contribution >= 0.6 is 0 Å². The van der Waals surface area contributed by atoms with Gasteiger partial charge in [-0.05, 0) is 24.6 Å². The first-order chi connectivity index (χ1) is 10.2. The van der Waals surface area contributed by atoms with Gasteiger partial charge in [0, 0.05) is 30.4 Å². The highest BCUT2D eigenvalue weighted by Gasteiger charge is 2.06. The molecule has 0 fully saturated rings. The second-order valence-corrected chi connectivity index (χ2v) is 5.09. The quantitative estimate of drug-likeness (QED) is 0.802. The van der Waals surface area contributed by atoms with Gasteiger partial charge in [-0.3, -0.25) is 9.78 Å². The number of aromatic nitrogens is 2. The number of nitrogens with zero attached hydrogens (tertiary/aromatic N) is 2. The monoisotopic (exact) mass is 279 g/mol. The Hall–Kier alpha value is -2.62. The fourth-order valence-corrected chi connectivity index (χ4v) is 2.44. The SMILES string of the molecule is Cc1cccnc1CNc1cc(=O)n(C)c2ccccc12. The van der Waals surface area contributed by atoms with Crippen molar-refractivity contribution < 1.29 is 0 Å². The molecule has 0 aliphatic rings. The van der Waals surface area contributed by atoms with Gasteiger partial charge in [-0.15, -0.1) is 0 Å². The standard InChI is InChI=1S/C17H17N3O/c1-12-6-5-9-18-15(12)11-19-14-10-17(21)20(2)16-8-4-3-7-13(14)16/h3-10,19H,11H2,1-2H3. The number of para-hydroxylation sites is 1. The van der Waals surface area contributed by atoms with E-state index in [0.717, 1.165) is 27.8 Å². The second kappa shape index (κ2) is 5.40. The lowest BCUT2D eigenvalue weighted by molar-refractivity contribution is 0.904. The molecule has 0 amide bonds. The van der Waals surface area contributed by atoms with Gasteiger partial charge in [0.15, 0.2) is 0 Å². The first-order valence-corrected chi connectivity index (χ1v) is 6.90. The Morgan fingerprint density at radius 3 is 2.81 bits per heavy atom. The van der Waals surface area contributed by atoms with E-state index in [1.807, 2.05) is 43.3 Å². The van der Waals surface area contributed by atoms with E-state index in [2.05, 4.69) is 10.3 Å². The maximum absolute atomic E-state index is 12.0. The molecule has 106 valence electrons. The topological polar surface area (TPSA) is 46.9 Å². The van der Waals surface area contributed by atoms with E-state index in [9.17, 15) is 4.79 Å². The van der Waals surface area contributed by atoms with Gasteiger partial charge in [0.05, 0.1) is 17.8 Å². The van der Waals surface area contributed by atoms with Crippen molar-refractivity contribution in [2.24, 2.45) is 7.05 Å². The Morgan fingerprint density at radius 1 is 1.19 bits per heavy atom. The first kappa shape index (κ1) is 13.4. The number of pyridine rings is 2. The predicted molar refractivity (Wildman–Crippen MR) is 85.5 cm³/mol. The van der Waals surface area contributed by atoms with Gasteiger partial charge in [-0.2, -0.15) is 0 Å². The van der Waals surface area contributed by atoms with Crippen LogP contribution in [-0.4, -0.2) is 9.55 Å². The zero-order valence-electron chi connectivity index (χ0n) is 12.1. The average molecular weight is 279 g/mol. The van der Waals surface area contributed by atoms with Crippen LogP contribution in [0.1, 0.15) is 11.3 Å². The highest BCUT2D eigenvalue weighted by molar-refractivity contribution is 5.91. The molecule has 0 aliphatic carbocycles. The van der Waals surface area contributed by atoms with E-state index >= 15 is 0 Å². The molecule has 1 aromatic carbocycles. The van der Waals surface area contributed by atoms with Crippen LogP contribution in [0.25, 0.3) is 10.9 Å². The van der Waals surface area contributed by atoms with Crippen molar-refractivity contribution in [3.63, 3.8) is 0 Å². The Kier molecular flexibility index (Phi) is 3.44. The predicted octanol–water partition coefficient (Wildman–Crippen LogP) is 2.85. The van der Waals surface area contributed by atoms with Crippen LogP contribution in [0.2, 0.25) is 0 Å². The lowest BCUT2D eigenvalue weighted by Gasteiger charge is -2.12. The van der Waals surface area contributed by atoms with Crippen molar-refractivity contribution in [2.45, 2.75) is 13.5 Å². The zero-order valence-corrected chi connectivity index (χ0v) is 12.1. The third-order valence-corrected chi connectivity index (χ3v) is 3.72. The summed E-state index contributed by atoms with van der Waals surface area (Å²) in [5, 5.41) is 4.37. The smallest absolute Gasteiger partial charge is 0.252 e. The first-order valence-electron chi connectivity index (χ1n) is 6.90. The molecule has 21 heavy (non-hydrogen) atoms. The van der Waals surface area contributed by atoms with Crippen LogP contribution in [0, 0.1) is 6.92 Å². The number of aryl methyl sites for hydroxylation is 2. The number of hydrogen-bond acceptors (Lipinski definition) is 3. The second-order valence-electron chi connectivity index (χ2n) is 5.09. The van der Waals surface area contributed by atoms with Crippen molar-refractivity contribution in [3.05, 3.63) is 70.3 Å². The van der Waals surface area contributed by atoms with Crippen molar-refractivity contribution in [2.75, 3.05) is 5.32 Å². The molecular formula is C17H17N3O. The van der Waals surface area contributed by atoms with Crippen molar-refractivity contribution in [3.8, 4) is 0 Å². The van der Waals surface area contributed by atoms with Gasteiger partial charge >= 0.3 is 0 Å². The molecule has 0 saturated carbocycles. The maximum Gasteiger partial charge on any atom is 0.252 e. The Bertz CT molecular complexity index is 852. The van der Waals surface area contributed by atoms with Gasteiger partial charge in [0.25, 0.3) is 5.56 Å². The van der Waals surface area contributed by atoms with Crippen LogP contribution in [0.3, 0.4) is 0 Å². The van der Waals surface area contributed by atoms with Gasteiger partial charge in [-0.25, -0.2) is 0 Å². The van der Waals surface area contributed by atoms with E-state index in [1.165, 1.54) is 0 Å². The number of hydrogen-bond donors (Lipinski definition) is 1. The highest BCUT2D eigenvalue weighted by atomic mass is 16.1. The molecule has 0 aliphatic heterocycles. The van der Waals surface area contributed by atoms with Crippen molar-refractivity contribution in [1.82, 2.24) is 9.55 Å². The van der Waals surface area contributed by atoms with Gasteiger partial charge in [-0.1, -0.05) is 24.3 Å². The van der Waals surface area contributed by atoms with Crippen LogP contribution in [0.5, 0.6) is 0 Å². The molecule has 2 aromatic heterocycles. The molecule has 0 bridgehead atoms. The molecule has 4 nitrogen and oxygen atoms in total. The molecule has 2 heterocycles. The molecular weight excluding hydrogens is 262 g/mol. The third-order valence-electron chi connectivity index (χ3n) is 3.72. The lowest BCUT2D eigenvalue weighted by Crippen LogP contribution is -2.17.